The number of furan rings is 1. The summed E-state index contributed by atoms with van der Waals surface area (Å²) in [7, 11) is 0. The van der Waals surface area contributed by atoms with E-state index >= 15 is 0 Å². The van der Waals surface area contributed by atoms with Crippen molar-refractivity contribution in [2.24, 2.45) is 0 Å². The van der Waals surface area contributed by atoms with Gasteiger partial charge in [0.2, 0.25) is 0 Å². The van der Waals surface area contributed by atoms with Crippen molar-refractivity contribution in [2.45, 2.75) is 18.0 Å². The van der Waals surface area contributed by atoms with Crippen molar-refractivity contribution >= 4 is 29.2 Å². The predicted octanol–water partition coefficient (Wildman–Crippen LogP) is 1.39. The van der Waals surface area contributed by atoms with Crippen LogP contribution in [0, 0.1) is 0 Å². The van der Waals surface area contributed by atoms with Crippen LogP contribution in [0.1, 0.15) is 23.4 Å². The minimum absolute atomic E-state index is 0.0117. The molecule has 0 atom stereocenters. The van der Waals surface area contributed by atoms with Crippen LogP contribution in [0.15, 0.2) is 32.8 Å². The van der Waals surface area contributed by atoms with Gasteiger partial charge in [-0.25, -0.2) is 4.98 Å². The zero-order valence-electron chi connectivity index (χ0n) is 13.1. The SMILES string of the molecule is Nc1nc(SCCN2CCCC2)[nH]c(=O)c1NC(=O)c1ccco1. The van der Waals surface area contributed by atoms with Crippen LogP contribution in [0.2, 0.25) is 0 Å². The molecule has 3 heterocycles. The number of carbonyl (C=O) groups is 1. The minimum atomic E-state index is -0.548. The fraction of sp³-hybridized carbons (Fsp3) is 0.400. The van der Waals surface area contributed by atoms with Crippen LogP contribution in [0.3, 0.4) is 0 Å². The van der Waals surface area contributed by atoms with Gasteiger partial charge in [0.1, 0.15) is 0 Å². The number of anilines is 2. The second kappa shape index (κ2) is 7.54. The van der Waals surface area contributed by atoms with E-state index < -0.39 is 11.5 Å². The number of nitrogens with two attached hydrogens (primary N) is 1. The summed E-state index contributed by atoms with van der Waals surface area (Å²) in [6.45, 7) is 3.21. The molecule has 128 valence electrons. The maximum atomic E-state index is 12.1. The molecule has 1 amide bonds. The maximum Gasteiger partial charge on any atom is 0.291 e. The monoisotopic (exact) mass is 349 g/mol. The highest BCUT2D eigenvalue weighted by Crippen LogP contribution is 2.18. The largest absolute Gasteiger partial charge is 0.459 e. The van der Waals surface area contributed by atoms with Crippen molar-refractivity contribution in [3.8, 4) is 0 Å². The maximum absolute atomic E-state index is 12.1. The van der Waals surface area contributed by atoms with E-state index in [0.717, 1.165) is 25.4 Å². The van der Waals surface area contributed by atoms with Crippen LogP contribution >= 0.6 is 11.8 Å². The number of rotatable bonds is 6. The van der Waals surface area contributed by atoms with Gasteiger partial charge >= 0.3 is 0 Å². The number of nitrogens with one attached hydrogen (secondary N) is 2. The molecule has 9 heteroatoms. The average molecular weight is 349 g/mol. The lowest BCUT2D eigenvalue weighted by molar-refractivity contribution is 0.0996. The molecular formula is C15H19N5O3S. The second-order valence-corrected chi connectivity index (χ2v) is 6.54. The first-order valence-electron chi connectivity index (χ1n) is 7.73. The molecule has 1 fully saturated rings. The summed E-state index contributed by atoms with van der Waals surface area (Å²) in [6, 6.07) is 3.08. The quantitative estimate of drug-likeness (QED) is 0.533. The fourth-order valence-electron chi connectivity index (χ4n) is 2.52. The van der Waals surface area contributed by atoms with Crippen molar-refractivity contribution in [2.75, 3.05) is 36.4 Å². The molecule has 2 aromatic heterocycles. The van der Waals surface area contributed by atoms with Gasteiger partial charge in [-0.1, -0.05) is 11.8 Å². The molecule has 0 aliphatic carbocycles. The number of hydrogen-bond acceptors (Lipinski definition) is 7. The van der Waals surface area contributed by atoms with E-state index in [9.17, 15) is 9.59 Å². The third-order valence-electron chi connectivity index (χ3n) is 3.75. The zero-order valence-corrected chi connectivity index (χ0v) is 13.9. The van der Waals surface area contributed by atoms with Gasteiger partial charge in [-0.05, 0) is 38.1 Å². The summed E-state index contributed by atoms with van der Waals surface area (Å²) in [5, 5.41) is 2.88. The molecule has 4 N–H and O–H groups in total. The van der Waals surface area contributed by atoms with E-state index in [4.69, 9.17) is 10.2 Å². The first-order chi connectivity index (χ1) is 11.6. The Hall–Kier alpha value is -2.26. The molecule has 0 aromatic carbocycles. The van der Waals surface area contributed by atoms with E-state index in [-0.39, 0.29) is 17.3 Å². The molecule has 0 saturated carbocycles. The second-order valence-electron chi connectivity index (χ2n) is 5.46. The Labute approximate surface area is 142 Å². The first kappa shape index (κ1) is 16.6. The molecular weight excluding hydrogens is 330 g/mol. The molecule has 2 aromatic rings. The summed E-state index contributed by atoms with van der Waals surface area (Å²) in [6.07, 6.45) is 3.87. The van der Waals surface area contributed by atoms with E-state index in [1.54, 1.807) is 6.07 Å². The molecule has 0 unspecified atom stereocenters. The predicted molar refractivity (Wildman–Crippen MR) is 92.3 cm³/mol. The normalized spacial score (nSPS) is 14.8. The fourth-order valence-corrected chi connectivity index (χ4v) is 3.39. The van der Waals surface area contributed by atoms with E-state index in [0.29, 0.717) is 5.16 Å². The van der Waals surface area contributed by atoms with Crippen molar-refractivity contribution in [1.82, 2.24) is 14.9 Å². The minimum Gasteiger partial charge on any atom is -0.459 e. The number of aromatic nitrogens is 2. The van der Waals surface area contributed by atoms with Crippen LogP contribution in [0.5, 0.6) is 0 Å². The van der Waals surface area contributed by atoms with Crippen molar-refractivity contribution in [3.05, 3.63) is 34.5 Å². The van der Waals surface area contributed by atoms with Gasteiger partial charge in [-0.15, -0.1) is 0 Å². The third-order valence-corrected chi connectivity index (χ3v) is 4.61. The molecule has 0 bridgehead atoms. The standard InChI is InChI=1S/C15H19N5O3S/c16-12-11(17-13(21)10-4-3-8-23-10)14(22)19-15(18-12)24-9-7-20-5-1-2-6-20/h3-4,8H,1-2,5-7,9H2,(H,17,21)(H3,16,18,19,22). The van der Waals surface area contributed by atoms with E-state index in [1.165, 1.54) is 36.9 Å². The van der Waals surface area contributed by atoms with Gasteiger partial charge in [0.05, 0.1) is 6.26 Å². The van der Waals surface area contributed by atoms with E-state index in [1.807, 2.05) is 0 Å². The number of thioether (sulfide) groups is 1. The molecule has 1 aliphatic heterocycles. The zero-order chi connectivity index (χ0) is 16.9. The number of nitrogen functional groups attached to an aromatic ring is 1. The Morgan fingerprint density at radius 1 is 1.46 bits per heavy atom. The summed E-state index contributed by atoms with van der Waals surface area (Å²) < 4.78 is 4.98. The van der Waals surface area contributed by atoms with Crippen molar-refractivity contribution in [1.29, 1.82) is 0 Å². The van der Waals surface area contributed by atoms with Gasteiger partial charge in [-0.2, -0.15) is 0 Å². The summed E-state index contributed by atoms with van der Waals surface area (Å²) in [4.78, 5) is 33.3. The van der Waals surface area contributed by atoms with Gasteiger partial charge < -0.3 is 20.4 Å². The third kappa shape index (κ3) is 3.98. The van der Waals surface area contributed by atoms with Crippen LogP contribution in [-0.4, -0.2) is 46.2 Å². The Morgan fingerprint density at radius 3 is 2.92 bits per heavy atom. The number of aromatic amines is 1. The Kier molecular flexibility index (Phi) is 5.21. The molecule has 1 saturated heterocycles. The van der Waals surface area contributed by atoms with Crippen LogP contribution in [-0.2, 0) is 0 Å². The van der Waals surface area contributed by atoms with Crippen molar-refractivity contribution in [3.63, 3.8) is 0 Å². The molecule has 0 spiro atoms. The molecule has 24 heavy (non-hydrogen) atoms. The molecule has 8 nitrogen and oxygen atoms in total. The summed E-state index contributed by atoms with van der Waals surface area (Å²) >= 11 is 1.44. The van der Waals surface area contributed by atoms with Gasteiger partial charge in [0, 0.05) is 12.3 Å². The number of hydrogen-bond donors (Lipinski definition) is 3. The van der Waals surface area contributed by atoms with Gasteiger partial charge in [-0.3, -0.25) is 14.6 Å². The topological polar surface area (TPSA) is 117 Å². The highest BCUT2D eigenvalue weighted by Gasteiger charge is 2.16. The smallest absolute Gasteiger partial charge is 0.291 e. The number of likely N-dealkylation sites (tertiary alicyclic amines) is 1. The molecule has 1 aliphatic rings. The lowest BCUT2D eigenvalue weighted by Crippen LogP contribution is -2.24. The van der Waals surface area contributed by atoms with Crippen LogP contribution < -0.4 is 16.6 Å². The lowest BCUT2D eigenvalue weighted by Gasteiger charge is -2.13. The average Bonchev–Trinajstić information content (AvgIpc) is 3.24. The van der Waals surface area contributed by atoms with Gasteiger partial charge in [0.25, 0.3) is 11.5 Å². The Balaban J connectivity index is 1.62. The van der Waals surface area contributed by atoms with E-state index in [2.05, 4.69) is 20.2 Å². The van der Waals surface area contributed by atoms with Crippen molar-refractivity contribution < 1.29 is 9.21 Å². The number of H-pyrrole nitrogens is 1. The van der Waals surface area contributed by atoms with Crippen LogP contribution in [0.25, 0.3) is 0 Å². The number of carbonyl (C=O) groups excluding carboxylic acids is 1. The summed E-state index contributed by atoms with van der Waals surface area (Å²) in [5.41, 5.74) is 5.27. The lowest BCUT2D eigenvalue weighted by atomic mass is 10.4. The van der Waals surface area contributed by atoms with Gasteiger partial charge in [0.15, 0.2) is 22.4 Å². The molecule has 3 rings (SSSR count). The van der Waals surface area contributed by atoms with Crippen LogP contribution in [0.4, 0.5) is 11.5 Å². The Bertz CT molecular complexity index is 753. The highest BCUT2D eigenvalue weighted by molar-refractivity contribution is 7.99. The molecule has 0 radical (unpaired) electrons. The highest BCUT2D eigenvalue weighted by atomic mass is 32.2. The first-order valence-corrected chi connectivity index (χ1v) is 8.72. The number of amides is 1. The summed E-state index contributed by atoms with van der Waals surface area (Å²) in [5.74, 6) is 0.356. The number of nitrogens with zero attached hydrogens (tertiary/aromatic N) is 2. The Morgan fingerprint density at radius 2 is 2.25 bits per heavy atom.